The second-order valence-corrected chi connectivity index (χ2v) is 9.79. The molecular weight excluding hydrogens is 471 g/mol. The molecule has 0 saturated heterocycles. The fraction of sp³-hybridized carbons (Fsp3) is 0.429. The number of methoxy groups -OCH3 is 1. The third-order valence-corrected chi connectivity index (χ3v) is 7.42. The molecule has 2 heterocycles. The van der Waals surface area contributed by atoms with Crippen molar-refractivity contribution < 1.29 is 9.13 Å². The number of benzene rings is 2. The molecular formula is C28H33FN6O2. The molecule has 37 heavy (non-hydrogen) atoms. The first-order valence-corrected chi connectivity index (χ1v) is 13.0. The Bertz CT molecular complexity index is 1390. The molecule has 1 aliphatic rings. The highest BCUT2D eigenvalue weighted by atomic mass is 19.1. The van der Waals surface area contributed by atoms with E-state index in [1.807, 2.05) is 24.3 Å². The van der Waals surface area contributed by atoms with Crippen molar-refractivity contribution in [2.75, 3.05) is 7.11 Å². The van der Waals surface area contributed by atoms with E-state index >= 15 is 0 Å². The number of aromatic amines is 1. The van der Waals surface area contributed by atoms with E-state index in [2.05, 4.69) is 32.3 Å². The number of nitrogens with zero attached hydrogens (tertiary/aromatic N) is 5. The van der Waals surface area contributed by atoms with Gasteiger partial charge in [-0.05, 0) is 71.7 Å². The van der Waals surface area contributed by atoms with Crippen molar-refractivity contribution in [1.82, 2.24) is 30.1 Å². The van der Waals surface area contributed by atoms with Gasteiger partial charge in [-0.25, -0.2) is 9.07 Å². The van der Waals surface area contributed by atoms with Gasteiger partial charge in [0, 0.05) is 29.1 Å². The molecule has 0 radical (unpaired) electrons. The third kappa shape index (κ3) is 5.56. The van der Waals surface area contributed by atoms with Crippen molar-refractivity contribution in [3.05, 3.63) is 81.7 Å². The SMILES string of the molecule is CC[C@@H](c1nnnn1Cc1ccc(F)cc1)N(Cc1cc2cc(OC)ccc2[nH]c1=O)C1CCCCC1. The number of hydrogen-bond acceptors (Lipinski definition) is 6. The first-order valence-electron chi connectivity index (χ1n) is 13.0. The number of halogens is 1. The maximum atomic E-state index is 13.4. The van der Waals surface area contributed by atoms with E-state index in [1.165, 1.54) is 31.4 Å². The van der Waals surface area contributed by atoms with E-state index in [0.717, 1.165) is 47.3 Å². The lowest BCUT2D eigenvalue weighted by Gasteiger charge is -2.39. The lowest BCUT2D eigenvalue weighted by atomic mass is 9.92. The van der Waals surface area contributed by atoms with Crippen molar-refractivity contribution in [2.45, 2.75) is 70.6 Å². The fourth-order valence-corrected chi connectivity index (χ4v) is 5.47. The fourth-order valence-electron chi connectivity index (χ4n) is 5.47. The normalized spacial score (nSPS) is 15.4. The first kappa shape index (κ1) is 25.1. The molecule has 0 bridgehead atoms. The van der Waals surface area contributed by atoms with Gasteiger partial charge in [-0.3, -0.25) is 9.69 Å². The van der Waals surface area contributed by atoms with Crippen LogP contribution in [0, 0.1) is 5.82 Å². The Kier molecular flexibility index (Phi) is 7.60. The average molecular weight is 505 g/mol. The van der Waals surface area contributed by atoms with Crippen LogP contribution in [0.15, 0.2) is 53.3 Å². The van der Waals surface area contributed by atoms with E-state index in [-0.39, 0.29) is 17.4 Å². The number of pyridine rings is 1. The Morgan fingerprint density at radius 2 is 1.92 bits per heavy atom. The van der Waals surface area contributed by atoms with Gasteiger partial charge in [0.25, 0.3) is 5.56 Å². The number of fused-ring (bicyclic) bond motifs is 1. The second kappa shape index (κ2) is 11.2. The number of ether oxygens (including phenoxy) is 1. The smallest absolute Gasteiger partial charge is 0.252 e. The van der Waals surface area contributed by atoms with Gasteiger partial charge >= 0.3 is 0 Å². The van der Waals surface area contributed by atoms with E-state index < -0.39 is 0 Å². The van der Waals surface area contributed by atoms with Crippen molar-refractivity contribution in [3.63, 3.8) is 0 Å². The van der Waals surface area contributed by atoms with Crippen LogP contribution in [0.2, 0.25) is 0 Å². The molecule has 4 aromatic rings. The summed E-state index contributed by atoms with van der Waals surface area (Å²) in [6.45, 7) is 3.08. The summed E-state index contributed by atoms with van der Waals surface area (Å²) in [7, 11) is 1.64. The second-order valence-electron chi connectivity index (χ2n) is 9.79. The van der Waals surface area contributed by atoms with Crippen molar-refractivity contribution in [3.8, 4) is 5.75 Å². The Morgan fingerprint density at radius 1 is 1.14 bits per heavy atom. The Hall–Kier alpha value is -3.59. The molecule has 8 nitrogen and oxygen atoms in total. The van der Waals surface area contributed by atoms with Crippen molar-refractivity contribution >= 4 is 10.9 Å². The molecule has 0 unspecified atom stereocenters. The van der Waals surface area contributed by atoms with E-state index in [4.69, 9.17) is 4.74 Å². The van der Waals surface area contributed by atoms with E-state index in [9.17, 15) is 9.18 Å². The molecule has 2 aromatic carbocycles. The summed E-state index contributed by atoms with van der Waals surface area (Å²) in [5, 5.41) is 13.6. The maximum Gasteiger partial charge on any atom is 0.252 e. The molecule has 0 spiro atoms. The topological polar surface area (TPSA) is 88.9 Å². The number of aromatic nitrogens is 5. The molecule has 2 aromatic heterocycles. The summed E-state index contributed by atoms with van der Waals surface area (Å²) in [6.07, 6.45) is 6.52. The quantitative estimate of drug-likeness (QED) is 0.345. The highest BCUT2D eigenvalue weighted by molar-refractivity contribution is 5.80. The first-order chi connectivity index (χ1) is 18.1. The Labute approximate surface area is 215 Å². The van der Waals surface area contributed by atoms with Crippen LogP contribution < -0.4 is 10.3 Å². The summed E-state index contributed by atoms with van der Waals surface area (Å²) in [6, 6.07) is 14.3. The van der Waals surface area contributed by atoms with Crippen LogP contribution in [0.3, 0.4) is 0 Å². The molecule has 5 rings (SSSR count). The molecule has 1 saturated carbocycles. The van der Waals surface area contributed by atoms with Gasteiger partial charge < -0.3 is 9.72 Å². The highest BCUT2D eigenvalue weighted by Crippen LogP contribution is 2.33. The van der Waals surface area contributed by atoms with Gasteiger partial charge in [0.15, 0.2) is 5.82 Å². The number of hydrogen-bond donors (Lipinski definition) is 1. The van der Waals surface area contributed by atoms with Crippen LogP contribution in [0.5, 0.6) is 5.75 Å². The summed E-state index contributed by atoms with van der Waals surface area (Å²) in [4.78, 5) is 18.6. The molecule has 194 valence electrons. The number of H-pyrrole nitrogens is 1. The van der Waals surface area contributed by atoms with Crippen LogP contribution in [-0.2, 0) is 13.1 Å². The maximum absolute atomic E-state index is 13.4. The molecule has 1 N–H and O–H groups in total. The number of nitrogens with one attached hydrogen (secondary N) is 1. The summed E-state index contributed by atoms with van der Waals surface area (Å²) in [5.41, 5.74) is 2.34. The molecule has 1 atom stereocenters. The predicted octanol–water partition coefficient (Wildman–Crippen LogP) is 5.00. The van der Waals surface area contributed by atoms with Crippen LogP contribution >= 0.6 is 0 Å². The van der Waals surface area contributed by atoms with Crippen LogP contribution in [0.1, 0.15) is 68.4 Å². The van der Waals surface area contributed by atoms with E-state index in [0.29, 0.717) is 24.7 Å². The van der Waals surface area contributed by atoms with E-state index in [1.54, 1.807) is 23.9 Å². The third-order valence-electron chi connectivity index (χ3n) is 7.42. The van der Waals surface area contributed by atoms with Gasteiger partial charge in [-0.15, -0.1) is 5.10 Å². The molecule has 0 aliphatic heterocycles. The molecule has 1 aliphatic carbocycles. The van der Waals surface area contributed by atoms with Gasteiger partial charge in [0.1, 0.15) is 11.6 Å². The lowest BCUT2D eigenvalue weighted by molar-refractivity contribution is 0.0844. The monoisotopic (exact) mass is 504 g/mol. The lowest BCUT2D eigenvalue weighted by Crippen LogP contribution is -2.41. The minimum Gasteiger partial charge on any atom is -0.497 e. The molecule has 1 fully saturated rings. The predicted molar refractivity (Wildman–Crippen MR) is 140 cm³/mol. The Morgan fingerprint density at radius 3 is 2.65 bits per heavy atom. The summed E-state index contributed by atoms with van der Waals surface area (Å²) in [5.74, 6) is 1.24. The summed E-state index contributed by atoms with van der Waals surface area (Å²) < 4.78 is 20.6. The zero-order chi connectivity index (χ0) is 25.8. The largest absolute Gasteiger partial charge is 0.497 e. The van der Waals surface area contributed by atoms with Gasteiger partial charge in [-0.2, -0.15) is 0 Å². The Balaban J connectivity index is 1.50. The van der Waals surface area contributed by atoms with Crippen molar-refractivity contribution in [1.29, 1.82) is 0 Å². The van der Waals surface area contributed by atoms with Crippen LogP contribution in [0.25, 0.3) is 10.9 Å². The minimum absolute atomic E-state index is 0.0704. The van der Waals surface area contributed by atoms with Crippen LogP contribution in [0.4, 0.5) is 4.39 Å². The van der Waals surface area contributed by atoms with Gasteiger partial charge in [-0.1, -0.05) is 38.3 Å². The number of rotatable bonds is 9. The van der Waals surface area contributed by atoms with Crippen molar-refractivity contribution in [2.24, 2.45) is 0 Å². The molecule has 0 amide bonds. The summed E-state index contributed by atoms with van der Waals surface area (Å²) >= 11 is 0. The van der Waals surface area contributed by atoms with Gasteiger partial charge in [0.2, 0.25) is 0 Å². The minimum atomic E-state index is -0.270. The average Bonchev–Trinajstić information content (AvgIpc) is 3.38. The molecule has 9 heteroatoms. The highest BCUT2D eigenvalue weighted by Gasteiger charge is 2.32. The van der Waals surface area contributed by atoms with Gasteiger partial charge in [0.05, 0.1) is 19.7 Å². The number of tetrazole rings is 1. The zero-order valence-electron chi connectivity index (χ0n) is 21.4. The van der Waals surface area contributed by atoms with Crippen LogP contribution in [-0.4, -0.2) is 43.2 Å². The zero-order valence-corrected chi connectivity index (χ0v) is 21.4. The standard InChI is InChI=1S/C28H33FN6O2/c1-3-26(27-31-32-33-35(27)17-19-9-11-22(29)12-10-19)34(23-7-5-4-6-8-23)18-21-15-20-16-24(37-2)13-14-25(20)30-28(21)36/h9-16,23,26H,3-8,17-18H2,1-2H3,(H,30,36)/t26-/m0/s1.